The van der Waals surface area contributed by atoms with E-state index in [0.717, 1.165) is 43.7 Å². The molecule has 6 nitrogen and oxygen atoms in total. The molecule has 0 bridgehead atoms. The van der Waals surface area contributed by atoms with Crippen LogP contribution in [0, 0.1) is 12.3 Å². The van der Waals surface area contributed by atoms with Crippen LogP contribution >= 0.6 is 0 Å². The molecule has 1 aromatic carbocycles. The van der Waals surface area contributed by atoms with Crippen molar-refractivity contribution < 1.29 is 4.79 Å². The van der Waals surface area contributed by atoms with Gasteiger partial charge in [0.25, 0.3) is 5.91 Å². The van der Waals surface area contributed by atoms with Gasteiger partial charge in [0.05, 0.1) is 5.69 Å². The van der Waals surface area contributed by atoms with Gasteiger partial charge in [0.15, 0.2) is 0 Å². The van der Waals surface area contributed by atoms with Crippen LogP contribution in [0.25, 0.3) is 5.69 Å². The number of aromatic nitrogens is 3. The fourth-order valence-corrected chi connectivity index (χ4v) is 2.98. The highest BCUT2D eigenvalue weighted by Gasteiger charge is 2.27. The zero-order chi connectivity index (χ0) is 16.3. The third-order valence-corrected chi connectivity index (χ3v) is 4.62. The maximum absolute atomic E-state index is 12.5. The number of carbonyl (C=O) groups excluding carboxylic acids is 1. The highest BCUT2D eigenvalue weighted by Crippen LogP contribution is 2.26. The standard InChI is InChI=1S/C17H23N5O/c1-13-9-14(22-12-19-11-21-22)3-4-15(13)16(23)20-10-17(2)5-7-18-8-6-17/h3-4,9,11-12,18H,5-8,10H2,1-2H3,(H,20,23). The van der Waals surface area contributed by atoms with Crippen molar-refractivity contribution in [2.75, 3.05) is 19.6 Å². The lowest BCUT2D eigenvalue weighted by Crippen LogP contribution is -2.43. The lowest BCUT2D eigenvalue weighted by atomic mass is 9.81. The Labute approximate surface area is 136 Å². The number of aryl methyl sites for hydroxylation is 1. The van der Waals surface area contributed by atoms with Crippen LogP contribution in [0.15, 0.2) is 30.9 Å². The van der Waals surface area contributed by atoms with Gasteiger partial charge in [-0.15, -0.1) is 0 Å². The Morgan fingerprint density at radius 3 is 2.83 bits per heavy atom. The topological polar surface area (TPSA) is 71.8 Å². The molecule has 1 amide bonds. The number of hydrogen-bond donors (Lipinski definition) is 2. The van der Waals surface area contributed by atoms with Crippen LogP contribution in [0.4, 0.5) is 0 Å². The molecule has 1 saturated heterocycles. The zero-order valence-electron chi connectivity index (χ0n) is 13.7. The van der Waals surface area contributed by atoms with Crippen LogP contribution in [-0.4, -0.2) is 40.3 Å². The van der Waals surface area contributed by atoms with Gasteiger partial charge in [-0.05, 0) is 62.0 Å². The van der Waals surface area contributed by atoms with Crippen molar-refractivity contribution in [2.45, 2.75) is 26.7 Å². The summed E-state index contributed by atoms with van der Waals surface area (Å²) in [5, 5.41) is 10.6. The molecule has 0 saturated carbocycles. The van der Waals surface area contributed by atoms with Crippen molar-refractivity contribution in [3.63, 3.8) is 0 Å². The molecule has 2 N–H and O–H groups in total. The summed E-state index contributed by atoms with van der Waals surface area (Å²) >= 11 is 0. The van der Waals surface area contributed by atoms with Gasteiger partial charge in [-0.1, -0.05) is 6.92 Å². The van der Waals surface area contributed by atoms with Gasteiger partial charge in [-0.2, -0.15) is 5.10 Å². The van der Waals surface area contributed by atoms with E-state index >= 15 is 0 Å². The van der Waals surface area contributed by atoms with Gasteiger partial charge in [0.2, 0.25) is 0 Å². The molecule has 2 aromatic rings. The van der Waals surface area contributed by atoms with Gasteiger partial charge in [0, 0.05) is 12.1 Å². The fourth-order valence-electron chi connectivity index (χ4n) is 2.98. The van der Waals surface area contributed by atoms with E-state index < -0.39 is 0 Å². The highest BCUT2D eigenvalue weighted by molar-refractivity contribution is 5.95. The Balaban J connectivity index is 1.67. The van der Waals surface area contributed by atoms with Gasteiger partial charge in [0.1, 0.15) is 12.7 Å². The van der Waals surface area contributed by atoms with E-state index in [1.54, 1.807) is 11.0 Å². The minimum absolute atomic E-state index is 0.00704. The molecule has 0 unspecified atom stereocenters. The van der Waals surface area contributed by atoms with E-state index in [4.69, 9.17) is 0 Å². The summed E-state index contributed by atoms with van der Waals surface area (Å²) in [6.07, 6.45) is 5.33. The Kier molecular flexibility index (Phi) is 4.43. The number of amides is 1. The summed E-state index contributed by atoms with van der Waals surface area (Å²) in [6, 6.07) is 5.70. The maximum atomic E-state index is 12.5. The van der Waals surface area contributed by atoms with Gasteiger partial charge in [-0.3, -0.25) is 4.79 Å². The molecule has 0 spiro atoms. The minimum Gasteiger partial charge on any atom is -0.351 e. The number of rotatable bonds is 4. The van der Waals surface area contributed by atoms with Crippen LogP contribution in [0.3, 0.4) is 0 Å². The second-order valence-corrected chi connectivity index (χ2v) is 6.58. The summed E-state index contributed by atoms with van der Waals surface area (Å²) in [7, 11) is 0. The number of piperidine rings is 1. The van der Waals surface area contributed by atoms with Gasteiger partial charge in [-0.25, -0.2) is 9.67 Å². The quantitative estimate of drug-likeness (QED) is 0.901. The molecule has 1 fully saturated rings. The van der Waals surface area contributed by atoms with Crippen LogP contribution < -0.4 is 10.6 Å². The molecule has 1 aliphatic heterocycles. The van der Waals surface area contributed by atoms with E-state index in [-0.39, 0.29) is 11.3 Å². The first-order valence-corrected chi connectivity index (χ1v) is 8.02. The summed E-state index contributed by atoms with van der Waals surface area (Å²) in [6.45, 7) is 6.96. The van der Waals surface area contributed by atoms with Crippen molar-refractivity contribution >= 4 is 5.91 Å². The second kappa shape index (κ2) is 6.50. The van der Waals surface area contributed by atoms with Crippen molar-refractivity contribution in [3.8, 4) is 5.69 Å². The highest BCUT2D eigenvalue weighted by atomic mass is 16.1. The molecule has 6 heteroatoms. The average molecular weight is 313 g/mol. The predicted octanol–water partition coefficient (Wildman–Crippen LogP) is 1.70. The van der Waals surface area contributed by atoms with Gasteiger partial charge < -0.3 is 10.6 Å². The smallest absolute Gasteiger partial charge is 0.251 e. The molecule has 0 aliphatic carbocycles. The largest absolute Gasteiger partial charge is 0.351 e. The predicted molar refractivity (Wildman–Crippen MR) is 88.6 cm³/mol. The molecule has 0 radical (unpaired) electrons. The van der Waals surface area contributed by atoms with Crippen molar-refractivity contribution in [1.29, 1.82) is 0 Å². The first kappa shape index (κ1) is 15.7. The molecule has 1 aromatic heterocycles. The zero-order valence-corrected chi connectivity index (χ0v) is 13.7. The number of nitrogens with one attached hydrogen (secondary N) is 2. The third kappa shape index (κ3) is 3.59. The lowest BCUT2D eigenvalue weighted by Gasteiger charge is -2.34. The normalized spacial score (nSPS) is 17.0. The number of nitrogens with zero attached hydrogens (tertiary/aromatic N) is 3. The van der Waals surface area contributed by atoms with E-state index in [0.29, 0.717) is 5.56 Å². The van der Waals surface area contributed by atoms with E-state index in [1.165, 1.54) is 6.33 Å². The molecular formula is C17H23N5O. The Morgan fingerprint density at radius 1 is 1.39 bits per heavy atom. The second-order valence-electron chi connectivity index (χ2n) is 6.58. The van der Waals surface area contributed by atoms with Gasteiger partial charge >= 0.3 is 0 Å². The number of hydrogen-bond acceptors (Lipinski definition) is 4. The van der Waals surface area contributed by atoms with Crippen LogP contribution in [-0.2, 0) is 0 Å². The summed E-state index contributed by atoms with van der Waals surface area (Å²) in [5.41, 5.74) is 2.74. The van der Waals surface area contributed by atoms with Crippen LogP contribution in [0.1, 0.15) is 35.7 Å². The van der Waals surface area contributed by atoms with E-state index in [9.17, 15) is 4.79 Å². The third-order valence-electron chi connectivity index (χ3n) is 4.62. The Bertz CT molecular complexity index is 674. The first-order valence-electron chi connectivity index (χ1n) is 8.02. The summed E-state index contributed by atoms with van der Waals surface area (Å²) in [4.78, 5) is 16.4. The van der Waals surface area contributed by atoms with Crippen molar-refractivity contribution in [1.82, 2.24) is 25.4 Å². The van der Waals surface area contributed by atoms with Crippen molar-refractivity contribution in [3.05, 3.63) is 42.0 Å². The van der Waals surface area contributed by atoms with E-state index in [1.807, 2.05) is 25.1 Å². The fraction of sp³-hybridized carbons (Fsp3) is 0.471. The maximum Gasteiger partial charge on any atom is 0.251 e. The number of benzene rings is 1. The molecule has 2 heterocycles. The lowest BCUT2D eigenvalue weighted by molar-refractivity contribution is 0.0921. The summed E-state index contributed by atoms with van der Waals surface area (Å²) < 4.78 is 1.69. The molecule has 0 atom stereocenters. The first-order chi connectivity index (χ1) is 11.1. The average Bonchev–Trinajstić information content (AvgIpc) is 3.08. The van der Waals surface area contributed by atoms with E-state index in [2.05, 4.69) is 27.6 Å². The van der Waals surface area contributed by atoms with Crippen LogP contribution in [0.5, 0.6) is 0 Å². The van der Waals surface area contributed by atoms with Crippen LogP contribution in [0.2, 0.25) is 0 Å². The molecule has 3 rings (SSSR count). The Morgan fingerprint density at radius 2 is 2.17 bits per heavy atom. The SMILES string of the molecule is Cc1cc(-n2cncn2)ccc1C(=O)NCC1(C)CCNCC1. The van der Waals surface area contributed by atoms with Crippen molar-refractivity contribution in [2.24, 2.45) is 5.41 Å². The Hall–Kier alpha value is -2.21. The molecular weight excluding hydrogens is 290 g/mol. The monoisotopic (exact) mass is 313 g/mol. The number of carbonyl (C=O) groups is 1. The summed E-state index contributed by atoms with van der Waals surface area (Å²) in [5.74, 6) is -0.00704. The molecule has 122 valence electrons. The molecule has 1 aliphatic rings. The molecule has 23 heavy (non-hydrogen) atoms. The minimum atomic E-state index is -0.00704.